The van der Waals surface area contributed by atoms with Gasteiger partial charge in [-0.1, -0.05) is 68.4 Å². The van der Waals surface area contributed by atoms with Crippen LogP contribution in [-0.4, -0.2) is 25.0 Å². The average Bonchev–Trinajstić information content (AvgIpc) is 2.80. The van der Waals surface area contributed by atoms with Gasteiger partial charge in [0.15, 0.2) is 0 Å². The molecular weight excluding hydrogens is 400 g/mol. The lowest BCUT2D eigenvalue weighted by Crippen LogP contribution is -2.27. The molecule has 0 radical (unpaired) electrons. The zero-order valence-electron chi connectivity index (χ0n) is 18.6. The summed E-state index contributed by atoms with van der Waals surface area (Å²) in [6, 6.07) is 24.1. The summed E-state index contributed by atoms with van der Waals surface area (Å²) in [5, 5.41) is 5.81. The van der Waals surface area contributed by atoms with E-state index in [-0.39, 0.29) is 11.8 Å². The zero-order chi connectivity index (χ0) is 22.8. The van der Waals surface area contributed by atoms with Crippen LogP contribution in [0.2, 0.25) is 0 Å². The Kier molecular flexibility index (Phi) is 8.44. The van der Waals surface area contributed by atoms with Gasteiger partial charge in [-0.05, 0) is 48.6 Å². The van der Waals surface area contributed by atoms with E-state index in [0.29, 0.717) is 41.6 Å². The summed E-state index contributed by atoms with van der Waals surface area (Å²) in [5.74, 6) is 0.520. The number of carbonyl (C=O) groups is 2. The number of amides is 2. The number of benzene rings is 3. The molecule has 0 aliphatic rings. The van der Waals surface area contributed by atoms with Crippen LogP contribution in [0.25, 0.3) is 0 Å². The van der Waals surface area contributed by atoms with Gasteiger partial charge in [-0.15, -0.1) is 0 Å². The second-order valence-electron chi connectivity index (χ2n) is 8.02. The van der Waals surface area contributed by atoms with Crippen LogP contribution in [0.4, 0.5) is 5.69 Å². The SMILES string of the molecule is CC(C)CCOc1ccccc1C(=O)Nc1ccccc1C(=O)NCCc1ccccc1. The molecule has 0 aliphatic carbocycles. The van der Waals surface area contributed by atoms with Crippen LogP contribution >= 0.6 is 0 Å². The van der Waals surface area contributed by atoms with E-state index in [2.05, 4.69) is 24.5 Å². The van der Waals surface area contributed by atoms with Gasteiger partial charge >= 0.3 is 0 Å². The third-order valence-electron chi connectivity index (χ3n) is 5.05. The molecular formula is C27H30N2O3. The predicted molar refractivity (Wildman–Crippen MR) is 128 cm³/mol. The zero-order valence-corrected chi connectivity index (χ0v) is 18.6. The first-order valence-electron chi connectivity index (χ1n) is 11.0. The Bertz CT molecular complexity index is 1030. The lowest BCUT2D eigenvalue weighted by Gasteiger charge is -2.14. The van der Waals surface area contributed by atoms with Gasteiger partial charge in [-0.2, -0.15) is 0 Å². The summed E-state index contributed by atoms with van der Waals surface area (Å²) < 4.78 is 5.84. The van der Waals surface area contributed by atoms with Crippen molar-refractivity contribution < 1.29 is 14.3 Å². The lowest BCUT2D eigenvalue weighted by atomic mass is 10.1. The fourth-order valence-electron chi connectivity index (χ4n) is 3.22. The molecule has 0 spiro atoms. The number of nitrogens with one attached hydrogen (secondary N) is 2. The van der Waals surface area contributed by atoms with Crippen LogP contribution in [-0.2, 0) is 6.42 Å². The fraction of sp³-hybridized carbons (Fsp3) is 0.259. The number of ether oxygens (including phenoxy) is 1. The highest BCUT2D eigenvalue weighted by atomic mass is 16.5. The van der Waals surface area contributed by atoms with Gasteiger partial charge in [-0.25, -0.2) is 0 Å². The minimum absolute atomic E-state index is 0.224. The first-order chi connectivity index (χ1) is 15.5. The van der Waals surface area contributed by atoms with Gasteiger partial charge in [0.25, 0.3) is 11.8 Å². The van der Waals surface area contributed by atoms with E-state index in [1.165, 1.54) is 0 Å². The molecule has 0 fully saturated rings. The predicted octanol–water partition coefficient (Wildman–Crippen LogP) is 5.34. The van der Waals surface area contributed by atoms with Crippen LogP contribution in [0.15, 0.2) is 78.9 Å². The first-order valence-corrected chi connectivity index (χ1v) is 11.0. The van der Waals surface area contributed by atoms with Gasteiger partial charge in [-0.3, -0.25) is 9.59 Å². The Morgan fingerprint density at radius 1 is 0.812 bits per heavy atom. The van der Waals surface area contributed by atoms with Gasteiger partial charge in [0.05, 0.1) is 23.4 Å². The summed E-state index contributed by atoms with van der Waals surface area (Å²) in [6.45, 7) is 5.31. The third-order valence-corrected chi connectivity index (χ3v) is 5.05. The summed E-state index contributed by atoms with van der Waals surface area (Å²) in [5.41, 5.74) is 2.48. The molecule has 3 aromatic carbocycles. The van der Waals surface area contributed by atoms with Crippen molar-refractivity contribution in [1.82, 2.24) is 5.32 Å². The number of anilines is 1. The van der Waals surface area contributed by atoms with E-state index in [1.807, 2.05) is 36.4 Å². The summed E-state index contributed by atoms with van der Waals surface area (Å²) in [6.07, 6.45) is 1.64. The maximum absolute atomic E-state index is 13.0. The molecule has 0 unspecified atom stereocenters. The van der Waals surface area contributed by atoms with Crippen LogP contribution in [0.3, 0.4) is 0 Å². The molecule has 2 N–H and O–H groups in total. The molecule has 0 aromatic heterocycles. The van der Waals surface area contributed by atoms with Crippen molar-refractivity contribution in [2.45, 2.75) is 26.7 Å². The molecule has 3 rings (SSSR count). The van der Waals surface area contributed by atoms with Gasteiger partial charge in [0, 0.05) is 6.54 Å². The smallest absolute Gasteiger partial charge is 0.259 e. The number of hydrogen-bond donors (Lipinski definition) is 2. The normalized spacial score (nSPS) is 10.6. The molecule has 5 heteroatoms. The molecule has 0 bridgehead atoms. The van der Waals surface area contributed by atoms with E-state index in [4.69, 9.17) is 4.74 Å². The molecule has 0 aliphatic heterocycles. The Labute approximate surface area is 189 Å². The number of carbonyl (C=O) groups excluding carboxylic acids is 2. The molecule has 0 heterocycles. The maximum Gasteiger partial charge on any atom is 0.259 e. The molecule has 0 saturated carbocycles. The summed E-state index contributed by atoms with van der Waals surface area (Å²) >= 11 is 0. The van der Waals surface area contributed by atoms with Gasteiger partial charge < -0.3 is 15.4 Å². The maximum atomic E-state index is 13.0. The molecule has 32 heavy (non-hydrogen) atoms. The van der Waals surface area contributed by atoms with Crippen molar-refractivity contribution in [3.05, 3.63) is 95.6 Å². The van der Waals surface area contributed by atoms with Crippen LogP contribution in [0.5, 0.6) is 5.75 Å². The van der Waals surface area contributed by atoms with Crippen molar-refractivity contribution in [2.24, 2.45) is 5.92 Å². The molecule has 166 valence electrons. The first kappa shape index (κ1) is 23.1. The molecule has 3 aromatic rings. The fourth-order valence-corrected chi connectivity index (χ4v) is 3.22. The lowest BCUT2D eigenvalue weighted by molar-refractivity contribution is 0.0955. The topological polar surface area (TPSA) is 67.4 Å². The van der Waals surface area contributed by atoms with Crippen LogP contribution < -0.4 is 15.4 Å². The van der Waals surface area contributed by atoms with Crippen molar-refractivity contribution in [2.75, 3.05) is 18.5 Å². The highest BCUT2D eigenvalue weighted by Crippen LogP contribution is 2.22. The van der Waals surface area contributed by atoms with Crippen molar-refractivity contribution in [3.8, 4) is 5.75 Å². The number of hydrogen-bond acceptors (Lipinski definition) is 3. The standard InChI is InChI=1S/C27H30N2O3/c1-20(2)17-19-32-25-15-9-7-13-23(25)27(31)29-24-14-8-6-12-22(24)26(30)28-18-16-21-10-4-3-5-11-21/h3-15,20H,16-19H2,1-2H3,(H,28,30)(H,29,31). The van der Waals surface area contributed by atoms with Crippen molar-refractivity contribution in [1.29, 1.82) is 0 Å². The number of rotatable bonds is 10. The minimum atomic E-state index is -0.310. The summed E-state index contributed by atoms with van der Waals surface area (Å²) in [4.78, 5) is 25.7. The van der Waals surface area contributed by atoms with E-state index >= 15 is 0 Å². The molecule has 0 atom stereocenters. The van der Waals surface area contributed by atoms with E-state index in [0.717, 1.165) is 18.4 Å². The number of para-hydroxylation sites is 2. The van der Waals surface area contributed by atoms with Gasteiger partial charge in [0.1, 0.15) is 5.75 Å². The monoisotopic (exact) mass is 430 g/mol. The van der Waals surface area contributed by atoms with Crippen LogP contribution in [0.1, 0.15) is 46.5 Å². The third kappa shape index (κ3) is 6.71. The second-order valence-corrected chi connectivity index (χ2v) is 8.02. The highest BCUT2D eigenvalue weighted by molar-refractivity contribution is 6.10. The van der Waals surface area contributed by atoms with E-state index in [1.54, 1.807) is 42.5 Å². The highest BCUT2D eigenvalue weighted by Gasteiger charge is 2.16. The average molecular weight is 431 g/mol. The Balaban J connectivity index is 1.65. The summed E-state index contributed by atoms with van der Waals surface area (Å²) in [7, 11) is 0. The van der Waals surface area contributed by atoms with E-state index in [9.17, 15) is 9.59 Å². The Hall–Kier alpha value is -3.60. The van der Waals surface area contributed by atoms with Crippen molar-refractivity contribution in [3.63, 3.8) is 0 Å². The van der Waals surface area contributed by atoms with Gasteiger partial charge in [0.2, 0.25) is 0 Å². The molecule has 0 saturated heterocycles. The Morgan fingerprint density at radius 2 is 1.47 bits per heavy atom. The molecule has 5 nitrogen and oxygen atoms in total. The quantitative estimate of drug-likeness (QED) is 0.456. The largest absolute Gasteiger partial charge is 0.493 e. The minimum Gasteiger partial charge on any atom is -0.493 e. The van der Waals surface area contributed by atoms with E-state index < -0.39 is 0 Å². The Morgan fingerprint density at radius 3 is 2.22 bits per heavy atom. The second kappa shape index (κ2) is 11.7. The van der Waals surface area contributed by atoms with Crippen LogP contribution in [0, 0.1) is 5.92 Å². The van der Waals surface area contributed by atoms with Crippen molar-refractivity contribution >= 4 is 17.5 Å². The molecule has 2 amide bonds.